The van der Waals surface area contributed by atoms with E-state index in [1.54, 1.807) is 13.8 Å². The fourth-order valence-corrected chi connectivity index (χ4v) is 2.79. The molecule has 0 atom stereocenters. The van der Waals surface area contributed by atoms with Crippen LogP contribution in [0.4, 0.5) is 4.79 Å². The smallest absolute Gasteiger partial charge is 0.422 e. The number of hydrogen-bond acceptors (Lipinski definition) is 5. The van der Waals surface area contributed by atoms with Crippen LogP contribution in [0.3, 0.4) is 0 Å². The number of piperidine rings is 1. The van der Waals surface area contributed by atoms with Gasteiger partial charge in [-0.3, -0.25) is 0 Å². The van der Waals surface area contributed by atoms with Gasteiger partial charge >= 0.3 is 16.3 Å². The molecule has 2 N–H and O–H groups in total. The number of carbonyl (C=O) groups excluding carboxylic acids is 1. The zero-order chi connectivity index (χ0) is 13.8. The Morgan fingerprint density at radius 2 is 1.94 bits per heavy atom. The van der Waals surface area contributed by atoms with Gasteiger partial charge in [0.15, 0.2) is 0 Å². The van der Waals surface area contributed by atoms with Gasteiger partial charge in [0.05, 0.1) is 6.10 Å². The van der Waals surface area contributed by atoms with Crippen LogP contribution in [-0.2, 0) is 14.9 Å². The first-order valence-corrected chi connectivity index (χ1v) is 7.44. The van der Waals surface area contributed by atoms with Crippen molar-refractivity contribution < 1.29 is 17.9 Å². The third-order valence-electron chi connectivity index (χ3n) is 2.76. The Hall–Kier alpha value is -0.860. The normalized spacial score (nSPS) is 18.1. The Morgan fingerprint density at radius 3 is 2.44 bits per heavy atom. The molecule has 1 saturated heterocycles. The lowest BCUT2D eigenvalue weighted by Gasteiger charge is -2.30. The second-order valence-corrected chi connectivity index (χ2v) is 6.29. The molecule has 0 radical (unpaired) electrons. The van der Waals surface area contributed by atoms with E-state index in [1.807, 2.05) is 4.72 Å². The van der Waals surface area contributed by atoms with Crippen molar-refractivity contribution in [2.75, 3.05) is 20.1 Å². The molecule has 1 fully saturated rings. The highest BCUT2D eigenvalue weighted by molar-refractivity contribution is 7.87. The van der Waals surface area contributed by atoms with Gasteiger partial charge in [0.2, 0.25) is 0 Å². The highest BCUT2D eigenvalue weighted by Crippen LogP contribution is 2.12. The molecule has 0 spiro atoms. The second-order valence-electron chi connectivity index (χ2n) is 4.56. The van der Waals surface area contributed by atoms with Gasteiger partial charge in [0.1, 0.15) is 0 Å². The summed E-state index contributed by atoms with van der Waals surface area (Å²) in [5.41, 5.74) is 0. The summed E-state index contributed by atoms with van der Waals surface area (Å²) in [6.45, 7) is 4.87. The SMILES string of the molecule is CC(C)OC(=O)NS(=O)(=O)N(C)C1CCNCC1. The minimum atomic E-state index is -3.82. The highest BCUT2D eigenvalue weighted by Gasteiger charge is 2.29. The lowest BCUT2D eigenvalue weighted by Crippen LogP contribution is -2.49. The Morgan fingerprint density at radius 1 is 1.39 bits per heavy atom. The average Bonchev–Trinajstić information content (AvgIpc) is 2.27. The fourth-order valence-electron chi connectivity index (χ4n) is 1.78. The number of amides is 1. The van der Waals surface area contributed by atoms with Crippen LogP contribution in [0.1, 0.15) is 26.7 Å². The molecule has 106 valence electrons. The maximum atomic E-state index is 11.9. The van der Waals surface area contributed by atoms with E-state index in [2.05, 4.69) is 5.32 Å². The molecule has 0 bridgehead atoms. The molecule has 18 heavy (non-hydrogen) atoms. The predicted molar refractivity (Wildman–Crippen MR) is 67.3 cm³/mol. The minimum Gasteiger partial charge on any atom is -0.446 e. The van der Waals surface area contributed by atoms with E-state index in [0.29, 0.717) is 0 Å². The number of nitrogens with zero attached hydrogens (tertiary/aromatic N) is 1. The van der Waals surface area contributed by atoms with Crippen LogP contribution in [0, 0.1) is 0 Å². The van der Waals surface area contributed by atoms with Crippen molar-refractivity contribution >= 4 is 16.3 Å². The molecule has 0 unspecified atom stereocenters. The van der Waals surface area contributed by atoms with E-state index >= 15 is 0 Å². The first kappa shape index (κ1) is 15.2. The monoisotopic (exact) mass is 279 g/mol. The lowest BCUT2D eigenvalue weighted by molar-refractivity contribution is 0.120. The van der Waals surface area contributed by atoms with Crippen LogP contribution >= 0.6 is 0 Å². The van der Waals surface area contributed by atoms with Crippen molar-refractivity contribution in [3.8, 4) is 0 Å². The molecule has 1 aliphatic heterocycles. The zero-order valence-electron chi connectivity index (χ0n) is 11.0. The Labute approximate surface area is 108 Å². The maximum absolute atomic E-state index is 11.9. The van der Waals surface area contributed by atoms with Gasteiger partial charge in [-0.05, 0) is 39.8 Å². The summed E-state index contributed by atoms with van der Waals surface area (Å²) < 4.78 is 31.7. The first-order valence-electron chi connectivity index (χ1n) is 6.00. The van der Waals surface area contributed by atoms with E-state index in [4.69, 9.17) is 4.74 Å². The van der Waals surface area contributed by atoms with Gasteiger partial charge in [0.25, 0.3) is 0 Å². The minimum absolute atomic E-state index is 0.0874. The average molecular weight is 279 g/mol. The van der Waals surface area contributed by atoms with Crippen LogP contribution in [0.25, 0.3) is 0 Å². The predicted octanol–water partition coefficient (Wildman–Crippen LogP) is 0.0496. The van der Waals surface area contributed by atoms with Gasteiger partial charge in [-0.1, -0.05) is 0 Å². The standard InChI is InChI=1S/C10H21N3O4S/c1-8(2)17-10(14)12-18(15,16)13(3)9-4-6-11-7-5-9/h8-9,11H,4-7H2,1-3H3,(H,12,14). The molecule has 1 amide bonds. The summed E-state index contributed by atoms with van der Waals surface area (Å²) in [5.74, 6) is 0. The zero-order valence-corrected chi connectivity index (χ0v) is 11.8. The summed E-state index contributed by atoms with van der Waals surface area (Å²) in [5, 5.41) is 3.15. The van der Waals surface area contributed by atoms with Crippen molar-refractivity contribution in [2.45, 2.75) is 38.8 Å². The molecule has 0 aromatic carbocycles. The van der Waals surface area contributed by atoms with E-state index in [-0.39, 0.29) is 12.1 Å². The molecule has 0 aromatic rings. The number of nitrogens with one attached hydrogen (secondary N) is 2. The van der Waals surface area contributed by atoms with Crippen LogP contribution in [0.15, 0.2) is 0 Å². The topological polar surface area (TPSA) is 87.7 Å². The molecule has 0 aromatic heterocycles. The van der Waals surface area contributed by atoms with Gasteiger partial charge in [-0.2, -0.15) is 12.7 Å². The first-order chi connectivity index (χ1) is 8.33. The number of carbonyl (C=O) groups is 1. The fraction of sp³-hybridized carbons (Fsp3) is 0.900. The molecule has 0 saturated carbocycles. The van der Waals surface area contributed by atoms with Crippen LogP contribution in [-0.4, -0.2) is 51.1 Å². The Kier molecular flexibility index (Phi) is 5.36. The third kappa shape index (κ3) is 4.43. The van der Waals surface area contributed by atoms with Crippen LogP contribution in [0.2, 0.25) is 0 Å². The van der Waals surface area contributed by atoms with Crippen molar-refractivity contribution in [1.29, 1.82) is 0 Å². The molecule has 7 nitrogen and oxygen atoms in total. The van der Waals surface area contributed by atoms with Crippen LogP contribution < -0.4 is 10.0 Å². The maximum Gasteiger partial charge on any atom is 0.422 e. The van der Waals surface area contributed by atoms with Gasteiger partial charge in [0, 0.05) is 13.1 Å². The molecular formula is C10H21N3O4S. The summed E-state index contributed by atoms with van der Waals surface area (Å²) in [4.78, 5) is 11.3. The number of ether oxygens (including phenoxy) is 1. The van der Waals surface area contributed by atoms with E-state index < -0.39 is 16.3 Å². The Balaban J connectivity index is 2.58. The van der Waals surface area contributed by atoms with Gasteiger partial charge in [-0.25, -0.2) is 9.52 Å². The van der Waals surface area contributed by atoms with Crippen molar-refractivity contribution in [2.24, 2.45) is 0 Å². The molecule has 0 aliphatic carbocycles. The number of rotatable bonds is 4. The molecular weight excluding hydrogens is 258 g/mol. The highest BCUT2D eigenvalue weighted by atomic mass is 32.2. The molecule has 1 heterocycles. The summed E-state index contributed by atoms with van der Waals surface area (Å²) >= 11 is 0. The van der Waals surface area contributed by atoms with Crippen LogP contribution in [0.5, 0.6) is 0 Å². The van der Waals surface area contributed by atoms with Crippen molar-refractivity contribution in [1.82, 2.24) is 14.3 Å². The molecule has 8 heteroatoms. The number of hydrogen-bond donors (Lipinski definition) is 2. The summed E-state index contributed by atoms with van der Waals surface area (Å²) in [7, 11) is -2.35. The van der Waals surface area contributed by atoms with Crippen molar-refractivity contribution in [3.05, 3.63) is 0 Å². The second kappa shape index (κ2) is 6.35. The van der Waals surface area contributed by atoms with Gasteiger partial charge < -0.3 is 10.1 Å². The third-order valence-corrected chi connectivity index (χ3v) is 4.24. The van der Waals surface area contributed by atoms with E-state index in [0.717, 1.165) is 25.9 Å². The lowest BCUT2D eigenvalue weighted by atomic mass is 10.1. The van der Waals surface area contributed by atoms with E-state index in [1.165, 1.54) is 11.4 Å². The molecule has 1 aliphatic rings. The quantitative estimate of drug-likeness (QED) is 0.759. The summed E-state index contributed by atoms with van der Waals surface area (Å²) in [6, 6.07) is -0.0874. The Bertz CT molecular complexity index is 377. The van der Waals surface area contributed by atoms with Crippen molar-refractivity contribution in [3.63, 3.8) is 0 Å². The molecule has 1 rings (SSSR count). The van der Waals surface area contributed by atoms with Gasteiger partial charge in [-0.15, -0.1) is 0 Å². The largest absolute Gasteiger partial charge is 0.446 e. The summed E-state index contributed by atoms with van der Waals surface area (Å²) in [6.07, 6.45) is 0.169. The van der Waals surface area contributed by atoms with E-state index in [9.17, 15) is 13.2 Å².